The van der Waals surface area contributed by atoms with E-state index in [1.807, 2.05) is 31.2 Å². The number of thiazole rings is 1. The van der Waals surface area contributed by atoms with Crippen LogP contribution in [0, 0.1) is 13.8 Å². The molecule has 0 saturated heterocycles. The second-order valence-electron chi connectivity index (χ2n) is 6.85. The Hall–Kier alpha value is -3.07. The van der Waals surface area contributed by atoms with Crippen molar-refractivity contribution in [3.05, 3.63) is 63.1 Å². The quantitative estimate of drug-likeness (QED) is 0.723. The zero-order valence-corrected chi connectivity index (χ0v) is 16.3. The first-order chi connectivity index (χ1) is 13.4. The number of rotatable bonds is 4. The van der Waals surface area contributed by atoms with E-state index in [2.05, 4.69) is 15.2 Å². The maximum Gasteiger partial charge on any atom is 0.328 e. The van der Waals surface area contributed by atoms with Gasteiger partial charge in [-0.1, -0.05) is 29.8 Å². The number of nitrogens with zero attached hydrogens (tertiary/aromatic N) is 5. The number of aryl methyl sites for hydroxylation is 2. The zero-order chi connectivity index (χ0) is 19.8. The van der Waals surface area contributed by atoms with Gasteiger partial charge in [-0.05, 0) is 19.4 Å². The minimum atomic E-state index is -1.05. The van der Waals surface area contributed by atoms with Crippen LogP contribution in [0.15, 0.2) is 29.6 Å². The molecule has 3 heterocycles. The van der Waals surface area contributed by atoms with Gasteiger partial charge in [-0.25, -0.2) is 9.78 Å². The topological polar surface area (TPSA) is 101 Å². The number of hydrogen-bond acceptors (Lipinski definition) is 6. The van der Waals surface area contributed by atoms with Crippen LogP contribution in [0.25, 0.3) is 0 Å². The van der Waals surface area contributed by atoms with Crippen LogP contribution in [0.3, 0.4) is 0 Å². The highest BCUT2D eigenvalue weighted by molar-refractivity contribution is 7.09. The molecular weight excluding hydrogens is 378 g/mol. The summed E-state index contributed by atoms with van der Waals surface area (Å²) in [5.74, 6) is -0.228. The SMILES string of the molecule is Cc1ccc(Cc2nc(C(=O)N3Cc4nnc(C)n4CC3C(=O)O)cs2)cc1. The molecule has 0 bridgehead atoms. The molecule has 4 rings (SSSR count). The minimum Gasteiger partial charge on any atom is -0.480 e. The molecule has 1 aliphatic heterocycles. The fraction of sp³-hybridized carbons (Fsp3) is 0.316. The van der Waals surface area contributed by atoms with Gasteiger partial charge in [0.15, 0.2) is 5.82 Å². The van der Waals surface area contributed by atoms with Gasteiger partial charge in [-0.2, -0.15) is 0 Å². The molecule has 1 unspecified atom stereocenters. The molecule has 2 aromatic heterocycles. The maximum absolute atomic E-state index is 13.0. The highest BCUT2D eigenvalue weighted by Crippen LogP contribution is 2.22. The summed E-state index contributed by atoms with van der Waals surface area (Å²) in [4.78, 5) is 30.5. The number of carboxylic acid groups (broad SMARTS) is 1. The molecule has 1 N–H and O–H groups in total. The molecule has 0 fully saturated rings. The van der Waals surface area contributed by atoms with Crippen LogP contribution in [0.4, 0.5) is 0 Å². The summed E-state index contributed by atoms with van der Waals surface area (Å²) in [6.07, 6.45) is 0.633. The fourth-order valence-electron chi connectivity index (χ4n) is 3.26. The number of carbonyl (C=O) groups is 2. The monoisotopic (exact) mass is 397 g/mol. The molecule has 144 valence electrons. The molecule has 0 saturated carbocycles. The van der Waals surface area contributed by atoms with Crippen molar-refractivity contribution in [3.8, 4) is 0 Å². The smallest absolute Gasteiger partial charge is 0.328 e. The van der Waals surface area contributed by atoms with E-state index in [9.17, 15) is 14.7 Å². The van der Waals surface area contributed by atoms with Crippen molar-refractivity contribution in [2.45, 2.75) is 39.4 Å². The predicted octanol–water partition coefficient (Wildman–Crippen LogP) is 2.05. The van der Waals surface area contributed by atoms with Gasteiger partial charge < -0.3 is 14.6 Å². The fourth-order valence-corrected chi connectivity index (χ4v) is 4.06. The van der Waals surface area contributed by atoms with Gasteiger partial charge in [0.1, 0.15) is 17.6 Å². The van der Waals surface area contributed by atoms with Gasteiger partial charge >= 0.3 is 5.97 Å². The molecule has 8 nitrogen and oxygen atoms in total. The standard InChI is InChI=1S/C19H19N5O3S/c1-11-3-5-13(6-4-11)7-17-20-14(10-28-17)18(25)24-9-16-22-21-12(2)23(16)8-15(24)19(26)27/h3-6,10,15H,7-9H2,1-2H3,(H,26,27). The molecule has 3 aromatic rings. The van der Waals surface area contributed by atoms with E-state index in [0.717, 1.165) is 10.6 Å². The summed E-state index contributed by atoms with van der Waals surface area (Å²) >= 11 is 1.40. The van der Waals surface area contributed by atoms with Crippen molar-refractivity contribution in [2.75, 3.05) is 0 Å². The van der Waals surface area contributed by atoms with E-state index in [-0.39, 0.29) is 18.8 Å². The third kappa shape index (κ3) is 3.40. The first-order valence-corrected chi connectivity index (χ1v) is 9.72. The maximum atomic E-state index is 13.0. The van der Waals surface area contributed by atoms with Crippen molar-refractivity contribution in [1.82, 2.24) is 24.6 Å². The average Bonchev–Trinajstić information content (AvgIpc) is 3.29. The molecule has 1 aliphatic rings. The first-order valence-electron chi connectivity index (χ1n) is 8.85. The lowest BCUT2D eigenvalue weighted by Crippen LogP contribution is -2.50. The molecular formula is C19H19N5O3S. The highest BCUT2D eigenvalue weighted by Gasteiger charge is 2.37. The van der Waals surface area contributed by atoms with Gasteiger partial charge in [0.05, 0.1) is 18.1 Å². The van der Waals surface area contributed by atoms with Crippen LogP contribution in [0.1, 0.15) is 38.3 Å². The second kappa shape index (κ2) is 7.16. The molecule has 0 aliphatic carbocycles. The van der Waals surface area contributed by atoms with Crippen molar-refractivity contribution < 1.29 is 14.7 Å². The summed E-state index contributed by atoms with van der Waals surface area (Å²) in [6, 6.07) is 7.19. The lowest BCUT2D eigenvalue weighted by atomic mass is 10.1. The lowest BCUT2D eigenvalue weighted by Gasteiger charge is -2.33. The van der Waals surface area contributed by atoms with Crippen molar-refractivity contribution in [1.29, 1.82) is 0 Å². The van der Waals surface area contributed by atoms with Crippen molar-refractivity contribution >= 4 is 23.2 Å². The van der Waals surface area contributed by atoms with Gasteiger partial charge in [-0.3, -0.25) is 4.79 Å². The van der Waals surface area contributed by atoms with Crippen LogP contribution in [0.2, 0.25) is 0 Å². The summed E-state index contributed by atoms with van der Waals surface area (Å²) in [7, 11) is 0. The number of carboxylic acids is 1. The number of hydrogen-bond donors (Lipinski definition) is 1. The molecule has 1 aromatic carbocycles. The van der Waals surface area contributed by atoms with Crippen molar-refractivity contribution in [2.24, 2.45) is 0 Å². The lowest BCUT2D eigenvalue weighted by molar-refractivity contribution is -0.143. The Labute approximate surface area is 165 Å². The molecule has 9 heteroatoms. The highest BCUT2D eigenvalue weighted by atomic mass is 32.1. The Bertz CT molecular complexity index is 1040. The Morgan fingerprint density at radius 1 is 1.21 bits per heavy atom. The van der Waals surface area contributed by atoms with Gasteiger partial charge in [0.2, 0.25) is 0 Å². The Kier molecular flexibility index (Phi) is 4.68. The van der Waals surface area contributed by atoms with Crippen LogP contribution in [-0.2, 0) is 24.3 Å². The normalized spacial score (nSPS) is 16.1. The van der Waals surface area contributed by atoms with Gasteiger partial charge in [0.25, 0.3) is 5.91 Å². The first kappa shape index (κ1) is 18.3. The van der Waals surface area contributed by atoms with E-state index < -0.39 is 17.9 Å². The summed E-state index contributed by atoms with van der Waals surface area (Å²) < 4.78 is 1.74. The molecule has 28 heavy (non-hydrogen) atoms. The number of amides is 1. The number of carbonyl (C=O) groups excluding carboxylic acids is 1. The minimum absolute atomic E-state index is 0.0987. The van der Waals surface area contributed by atoms with E-state index in [4.69, 9.17) is 0 Å². The Morgan fingerprint density at radius 3 is 2.68 bits per heavy atom. The summed E-state index contributed by atoms with van der Waals surface area (Å²) in [5, 5.41) is 20.2. The Balaban J connectivity index is 1.55. The Morgan fingerprint density at radius 2 is 1.96 bits per heavy atom. The predicted molar refractivity (Wildman–Crippen MR) is 102 cm³/mol. The number of aliphatic carboxylic acids is 1. The number of benzene rings is 1. The molecule has 1 atom stereocenters. The van der Waals surface area contributed by atoms with Gasteiger partial charge in [-0.15, -0.1) is 21.5 Å². The van der Waals surface area contributed by atoms with E-state index in [0.29, 0.717) is 18.1 Å². The second-order valence-corrected chi connectivity index (χ2v) is 7.79. The molecule has 1 amide bonds. The summed E-state index contributed by atoms with van der Waals surface area (Å²) in [5.41, 5.74) is 2.57. The molecule has 0 radical (unpaired) electrons. The third-order valence-corrected chi connectivity index (χ3v) is 5.70. The largest absolute Gasteiger partial charge is 0.480 e. The van der Waals surface area contributed by atoms with Crippen molar-refractivity contribution in [3.63, 3.8) is 0 Å². The third-order valence-electron chi connectivity index (χ3n) is 4.85. The van der Waals surface area contributed by atoms with Crippen LogP contribution in [0.5, 0.6) is 0 Å². The van der Waals surface area contributed by atoms with Crippen LogP contribution < -0.4 is 0 Å². The van der Waals surface area contributed by atoms with E-state index in [1.54, 1.807) is 16.9 Å². The number of fused-ring (bicyclic) bond motifs is 1. The molecule has 0 spiro atoms. The van der Waals surface area contributed by atoms with Crippen LogP contribution >= 0.6 is 11.3 Å². The summed E-state index contributed by atoms with van der Waals surface area (Å²) in [6.45, 7) is 4.03. The zero-order valence-electron chi connectivity index (χ0n) is 15.5. The number of aromatic nitrogens is 4. The van der Waals surface area contributed by atoms with E-state index in [1.165, 1.54) is 21.8 Å². The van der Waals surface area contributed by atoms with Crippen LogP contribution in [-0.4, -0.2) is 47.7 Å². The van der Waals surface area contributed by atoms with Gasteiger partial charge in [0, 0.05) is 11.8 Å². The van der Waals surface area contributed by atoms with E-state index >= 15 is 0 Å². The average molecular weight is 397 g/mol.